The van der Waals surface area contributed by atoms with E-state index in [2.05, 4.69) is 32.9 Å². The molecule has 1 aromatic heterocycles. The third kappa shape index (κ3) is 2.55. The van der Waals surface area contributed by atoms with Gasteiger partial charge in [0, 0.05) is 40.4 Å². The Hall–Kier alpha value is -3.11. The number of allylic oxidation sites excluding steroid dienone is 3. The predicted molar refractivity (Wildman–Crippen MR) is 107 cm³/mol. The fourth-order valence-corrected chi connectivity index (χ4v) is 3.22. The van der Waals surface area contributed by atoms with Crippen molar-refractivity contribution in [2.24, 2.45) is 0 Å². The minimum Gasteiger partial charge on any atom is -0.456 e. The van der Waals surface area contributed by atoms with Gasteiger partial charge in [-0.05, 0) is 35.4 Å². The van der Waals surface area contributed by atoms with Crippen LogP contribution in [0.4, 0.5) is 0 Å². The Bertz CT molecular complexity index is 1150. The monoisotopic (exact) mass is 347 g/mol. The van der Waals surface area contributed by atoms with Crippen molar-refractivity contribution in [1.29, 1.82) is 0 Å². The molecule has 4 nitrogen and oxygen atoms in total. The van der Waals surface area contributed by atoms with Crippen LogP contribution in [0.25, 0.3) is 29.5 Å². The van der Waals surface area contributed by atoms with E-state index in [1.54, 1.807) is 28.9 Å². The Morgan fingerprint density at radius 2 is 1.88 bits per heavy atom. The molecule has 0 spiro atoms. The van der Waals surface area contributed by atoms with E-state index in [1.807, 2.05) is 0 Å². The van der Waals surface area contributed by atoms with Gasteiger partial charge in [0.15, 0.2) is 0 Å². The van der Waals surface area contributed by atoms with Gasteiger partial charge in [-0.25, -0.2) is 0 Å². The zero-order valence-corrected chi connectivity index (χ0v) is 14.7. The standard InChI is InChI=1S/C22H21NO3/c1-6-8-18-13(2)14(3)21-19(26-18)10-9-17-20(21)15(4)16(5)23(22(17)25)11-7-12-24/h6,8-10,24H,1-5,7,11-12H2/b18-8+. The van der Waals surface area contributed by atoms with E-state index < -0.39 is 0 Å². The number of fused-ring (bicyclic) bond motifs is 3. The summed E-state index contributed by atoms with van der Waals surface area (Å²) >= 11 is 0. The fraction of sp³-hybridized carbons (Fsp3) is 0.136. The Morgan fingerprint density at radius 1 is 1.15 bits per heavy atom. The quantitative estimate of drug-likeness (QED) is 0.923. The Morgan fingerprint density at radius 3 is 2.54 bits per heavy atom. The Balaban J connectivity index is 2.39. The first-order valence-electron chi connectivity index (χ1n) is 8.30. The zero-order valence-electron chi connectivity index (χ0n) is 14.7. The highest BCUT2D eigenvalue weighted by molar-refractivity contribution is 6.01. The van der Waals surface area contributed by atoms with Crippen LogP contribution in [-0.4, -0.2) is 16.3 Å². The van der Waals surface area contributed by atoms with Gasteiger partial charge in [-0.15, -0.1) is 0 Å². The van der Waals surface area contributed by atoms with Gasteiger partial charge in [-0.1, -0.05) is 39.0 Å². The average Bonchev–Trinajstić information content (AvgIpc) is 2.63. The molecule has 1 aliphatic heterocycles. The van der Waals surface area contributed by atoms with Gasteiger partial charge in [-0.3, -0.25) is 4.79 Å². The number of benzene rings is 1. The van der Waals surface area contributed by atoms with Gasteiger partial charge in [-0.2, -0.15) is 0 Å². The Labute approximate surface area is 151 Å². The van der Waals surface area contributed by atoms with E-state index in [0.29, 0.717) is 57.0 Å². The first-order valence-corrected chi connectivity index (χ1v) is 8.30. The van der Waals surface area contributed by atoms with Crippen LogP contribution >= 0.6 is 0 Å². The molecule has 1 N–H and O–H groups in total. The van der Waals surface area contributed by atoms with Crippen LogP contribution in [0.1, 0.15) is 12.0 Å². The molecule has 0 aliphatic carbocycles. The van der Waals surface area contributed by atoms with Crippen LogP contribution in [0.15, 0.2) is 60.1 Å². The number of aliphatic hydroxyl groups excluding tert-OH is 1. The highest BCUT2D eigenvalue weighted by Gasteiger charge is 2.25. The van der Waals surface area contributed by atoms with Crippen LogP contribution < -0.4 is 20.9 Å². The van der Waals surface area contributed by atoms with Gasteiger partial charge < -0.3 is 14.4 Å². The number of nitrogens with zero attached hydrogens (tertiary/aromatic N) is 1. The average molecular weight is 347 g/mol. The normalized spacial score (nSPS) is 15.2. The third-order valence-corrected chi connectivity index (χ3v) is 4.61. The predicted octanol–water partition coefficient (Wildman–Crippen LogP) is 2.24. The molecule has 0 saturated carbocycles. The summed E-state index contributed by atoms with van der Waals surface area (Å²) in [6, 6.07) is 3.49. The van der Waals surface area contributed by atoms with Crippen molar-refractivity contribution in [2.45, 2.75) is 13.0 Å². The lowest BCUT2D eigenvalue weighted by molar-refractivity contribution is 0.278. The van der Waals surface area contributed by atoms with Gasteiger partial charge in [0.05, 0.1) is 0 Å². The summed E-state index contributed by atoms with van der Waals surface area (Å²) in [5.74, 6) is 1.17. The van der Waals surface area contributed by atoms with Crippen molar-refractivity contribution in [3.05, 3.63) is 81.8 Å². The molecule has 2 heterocycles. The number of hydrogen-bond donors (Lipinski definition) is 1. The molecule has 4 heteroatoms. The van der Waals surface area contributed by atoms with Crippen LogP contribution in [-0.2, 0) is 6.54 Å². The van der Waals surface area contributed by atoms with E-state index in [1.165, 1.54) is 0 Å². The summed E-state index contributed by atoms with van der Waals surface area (Å²) in [5, 5.41) is 11.4. The zero-order chi connectivity index (χ0) is 19.0. The maximum Gasteiger partial charge on any atom is 0.258 e. The number of pyridine rings is 1. The molecule has 0 bridgehead atoms. The highest BCUT2D eigenvalue weighted by atomic mass is 16.5. The molecular formula is C22H21NO3. The number of hydrogen-bond acceptors (Lipinski definition) is 3. The molecule has 132 valence electrons. The second-order valence-electron chi connectivity index (χ2n) is 6.15. The summed E-state index contributed by atoms with van der Waals surface area (Å²) in [6.45, 7) is 20.4. The van der Waals surface area contributed by atoms with E-state index >= 15 is 0 Å². The molecule has 26 heavy (non-hydrogen) atoms. The molecule has 3 rings (SSSR count). The molecule has 0 fully saturated rings. The molecule has 1 aliphatic rings. The van der Waals surface area contributed by atoms with Crippen LogP contribution in [0.2, 0.25) is 0 Å². The molecule has 0 saturated heterocycles. The van der Waals surface area contributed by atoms with Crippen molar-refractivity contribution in [1.82, 2.24) is 4.57 Å². The summed E-state index contributed by atoms with van der Waals surface area (Å²) in [6.07, 6.45) is 3.83. The van der Waals surface area contributed by atoms with Crippen LogP contribution in [0.3, 0.4) is 0 Å². The van der Waals surface area contributed by atoms with Crippen molar-refractivity contribution >= 4 is 29.5 Å². The maximum atomic E-state index is 12.9. The van der Waals surface area contributed by atoms with Gasteiger partial charge in [0.25, 0.3) is 5.56 Å². The molecule has 0 unspecified atom stereocenters. The molecule has 0 radical (unpaired) electrons. The van der Waals surface area contributed by atoms with Gasteiger partial charge in [0.2, 0.25) is 0 Å². The summed E-state index contributed by atoms with van der Waals surface area (Å²) in [4.78, 5) is 12.9. The molecular weight excluding hydrogens is 326 g/mol. The van der Waals surface area contributed by atoms with Crippen molar-refractivity contribution in [3.63, 3.8) is 0 Å². The summed E-state index contributed by atoms with van der Waals surface area (Å²) in [7, 11) is 0. The maximum absolute atomic E-state index is 12.9. The van der Waals surface area contributed by atoms with E-state index in [-0.39, 0.29) is 12.2 Å². The van der Waals surface area contributed by atoms with Gasteiger partial charge >= 0.3 is 0 Å². The van der Waals surface area contributed by atoms with Crippen molar-refractivity contribution in [3.8, 4) is 5.75 Å². The molecule has 2 aromatic rings. The van der Waals surface area contributed by atoms with E-state index in [0.717, 1.165) is 5.56 Å². The SMILES string of the molecule is C=C/C=C1/Oc2ccc3c(=O)n(CCCO)c(=C)c(=C)c3c2C(=C)C1=C. The largest absolute Gasteiger partial charge is 0.456 e. The topological polar surface area (TPSA) is 51.5 Å². The molecule has 0 amide bonds. The summed E-state index contributed by atoms with van der Waals surface area (Å²) < 4.78 is 7.49. The summed E-state index contributed by atoms with van der Waals surface area (Å²) in [5.41, 5.74) is 1.87. The lowest BCUT2D eigenvalue weighted by Gasteiger charge is -2.25. The van der Waals surface area contributed by atoms with Crippen molar-refractivity contribution < 1.29 is 9.84 Å². The molecule has 0 atom stereocenters. The molecule has 1 aromatic carbocycles. The number of ether oxygens (including phenoxy) is 1. The lowest BCUT2D eigenvalue weighted by Crippen LogP contribution is -2.43. The first kappa shape index (κ1) is 17.7. The van der Waals surface area contributed by atoms with Crippen LogP contribution in [0.5, 0.6) is 5.75 Å². The minimum atomic E-state index is -0.167. The van der Waals surface area contributed by atoms with Crippen molar-refractivity contribution in [2.75, 3.05) is 6.61 Å². The van der Waals surface area contributed by atoms with Gasteiger partial charge in [0.1, 0.15) is 11.5 Å². The number of aromatic nitrogens is 1. The minimum absolute atomic E-state index is 0.00344. The van der Waals surface area contributed by atoms with Crippen LogP contribution in [0, 0.1) is 0 Å². The van der Waals surface area contributed by atoms with E-state index in [9.17, 15) is 4.79 Å². The smallest absolute Gasteiger partial charge is 0.258 e. The number of aliphatic hydroxyl groups is 1. The highest BCUT2D eigenvalue weighted by Crippen LogP contribution is 2.41. The second kappa shape index (κ2) is 6.65. The third-order valence-electron chi connectivity index (χ3n) is 4.61. The fourth-order valence-electron chi connectivity index (χ4n) is 3.22. The van der Waals surface area contributed by atoms with E-state index in [4.69, 9.17) is 9.84 Å². The Kier molecular flexibility index (Phi) is 4.53. The first-order chi connectivity index (χ1) is 12.4. The number of rotatable bonds is 4. The lowest BCUT2D eigenvalue weighted by atomic mass is 9.90. The second-order valence-corrected chi connectivity index (χ2v) is 6.15.